The summed E-state index contributed by atoms with van der Waals surface area (Å²) in [5.74, 6) is -1.22. The predicted octanol–water partition coefficient (Wildman–Crippen LogP) is 1.40. The maximum atomic E-state index is 13.4. The number of carbonyl (C=O) groups is 2. The van der Waals surface area contributed by atoms with E-state index in [-0.39, 0.29) is 13.1 Å². The van der Waals surface area contributed by atoms with Crippen molar-refractivity contribution in [3.8, 4) is 10.7 Å². The van der Waals surface area contributed by atoms with E-state index in [1.807, 2.05) is 17.5 Å². The summed E-state index contributed by atoms with van der Waals surface area (Å²) < 4.78 is 18.3. The van der Waals surface area contributed by atoms with Crippen LogP contribution in [0.1, 0.15) is 5.56 Å². The van der Waals surface area contributed by atoms with Crippen LogP contribution in [-0.2, 0) is 27.4 Å². The lowest BCUT2D eigenvalue weighted by Crippen LogP contribution is -2.29. The lowest BCUT2D eigenvalue weighted by molar-refractivity contribution is -0.149. The van der Waals surface area contributed by atoms with Gasteiger partial charge in [-0.05, 0) is 22.7 Å². The fourth-order valence-electron chi connectivity index (χ4n) is 2.01. The monoisotopic (exact) mass is 375 g/mol. The first-order valence-electron chi connectivity index (χ1n) is 7.59. The Balaban J connectivity index is 1.42. The molecule has 8 nitrogen and oxygen atoms in total. The van der Waals surface area contributed by atoms with Gasteiger partial charge in [-0.25, -0.2) is 9.18 Å². The van der Waals surface area contributed by atoms with Gasteiger partial charge in [0.05, 0.1) is 4.88 Å². The quantitative estimate of drug-likeness (QED) is 0.627. The van der Waals surface area contributed by atoms with Gasteiger partial charge in [0.15, 0.2) is 13.2 Å². The van der Waals surface area contributed by atoms with Crippen LogP contribution in [0.3, 0.4) is 0 Å². The number of esters is 1. The normalized spacial score (nSPS) is 10.5. The molecule has 0 radical (unpaired) electrons. The molecule has 0 atom stereocenters. The smallest absolute Gasteiger partial charge is 0.330 e. The third kappa shape index (κ3) is 4.70. The molecule has 0 spiro atoms. The number of carbonyl (C=O) groups excluding carboxylic acids is 2. The van der Waals surface area contributed by atoms with E-state index in [4.69, 9.17) is 4.74 Å². The van der Waals surface area contributed by atoms with Gasteiger partial charge in [-0.2, -0.15) is 4.80 Å². The summed E-state index contributed by atoms with van der Waals surface area (Å²) in [5.41, 5.74) is 0.347. The summed E-state index contributed by atoms with van der Waals surface area (Å²) in [7, 11) is 0. The molecule has 2 heterocycles. The third-order valence-corrected chi connectivity index (χ3v) is 4.13. The van der Waals surface area contributed by atoms with Crippen LogP contribution in [0.5, 0.6) is 0 Å². The number of halogens is 1. The van der Waals surface area contributed by atoms with Crippen molar-refractivity contribution in [3.05, 3.63) is 53.2 Å². The van der Waals surface area contributed by atoms with Crippen LogP contribution in [0.4, 0.5) is 4.39 Å². The number of benzene rings is 1. The van der Waals surface area contributed by atoms with Crippen molar-refractivity contribution in [1.82, 2.24) is 25.5 Å². The fourth-order valence-corrected chi connectivity index (χ4v) is 2.66. The van der Waals surface area contributed by atoms with Gasteiger partial charge in [-0.15, -0.1) is 21.5 Å². The highest BCUT2D eigenvalue weighted by Gasteiger charge is 2.12. The van der Waals surface area contributed by atoms with Crippen molar-refractivity contribution in [2.75, 3.05) is 6.61 Å². The van der Waals surface area contributed by atoms with Crippen LogP contribution in [0.15, 0.2) is 41.8 Å². The zero-order chi connectivity index (χ0) is 18.4. The second-order valence-corrected chi connectivity index (χ2v) is 6.10. The molecule has 3 rings (SSSR count). The van der Waals surface area contributed by atoms with Crippen molar-refractivity contribution in [1.29, 1.82) is 0 Å². The van der Waals surface area contributed by atoms with E-state index < -0.39 is 24.3 Å². The maximum Gasteiger partial charge on any atom is 0.330 e. The number of nitrogens with one attached hydrogen (secondary N) is 1. The molecule has 0 saturated heterocycles. The first-order valence-corrected chi connectivity index (χ1v) is 8.47. The zero-order valence-electron chi connectivity index (χ0n) is 13.5. The number of aromatic nitrogens is 4. The summed E-state index contributed by atoms with van der Waals surface area (Å²) >= 11 is 1.45. The third-order valence-electron chi connectivity index (χ3n) is 3.26. The van der Waals surface area contributed by atoms with Crippen LogP contribution < -0.4 is 5.32 Å². The van der Waals surface area contributed by atoms with Crippen LogP contribution >= 0.6 is 11.3 Å². The summed E-state index contributed by atoms with van der Waals surface area (Å²) in [6.07, 6.45) is 0. The number of hydrogen-bond donors (Lipinski definition) is 1. The minimum Gasteiger partial charge on any atom is -0.454 e. The van der Waals surface area contributed by atoms with Gasteiger partial charge < -0.3 is 10.1 Å². The molecule has 1 aromatic carbocycles. The molecule has 2 aromatic heterocycles. The van der Waals surface area contributed by atoms with Crippen LogP contribution in [-0.4, -0.2) is 38.7 Å². The number of nitrogens with zero attached hydrogens (tertiary/aromatic N) is 4. The molecule has 1 amide bonds. The summed E-state index contributed by atoms with van der Waals surface area (Å²) in [6.45, 7) is -0.726. The molecule has 0 saturated carbocycles. The predicted molar refractivity (Wildman–Crippen MR) is 90.3 cm³/mol. The van der Waals surface area contributed by atoms with E-state index in [2.05, 4.69) is 20.7 Å². The molecule has 26 heavy (non-hydrogen) atoms. The number of rotatable bonds is 7. The highest BCUT2D eigenvalue weighted by Crippen LogP contribution is 2.19. The van der Waals surface area contributed by atoms with Gasteiger partial charge in [0.2, 0.25) is 5.82 Å². The topological polar surface area (TPSA) is 99.0 Å². The summed E-state index contributed by atoms with van der Waals surface area (Å²) in [4.78, 5) is 25.4. The molecule has 0 unspecified atom stereocenters. The second-order valence-electron chi connectivity index (χ2n) is 5.15. The molecule has 0 aliphatic carbocycles. The number of tetrazole rings is 1. The Morgan fingerprint density at radius 3 is 2.85 bits per heavy atom. The lowest BCUT2D eigenvalue weighted by atomic mass is 10.2. The van der Waals surface area contributed by atoms with E-state index in [0.717, 1.165) is 9.67 Å². The standard InChI is InChI=1S/C16H14FN5O3S/c17-12-5-2-1-4-11(12)8-18-14(23)10-25-15(24)9-22-20-16(19-21-22)13-6-3-7-26-13/h1-7H,8-10H2,(H,18,23). The van der Waals surface area contributed by atoms with Crippen molar-refractivity contribution in [3.63, 3.8) is 0 Å². The Kier molecular flexibility index (Phi) is 5.64. The molecule has 0 aliphatic heterocycles. The minimum absolute atomic E-state index is 0.0118. The Bertz CT molecular complexity index is 897. The van der Waals surface area contributed by atoms with Gasteiger partial charge in [0.25, 0.3) is 5.91 Å². The maximum absolute atomic E-state index is 13.4. The van der Waals surface area contributed by atoms with E-state index in [1.54, 1.807) is 18.2 Å². The lowest BCUT2D eigenvalue weighted by Gasteiger charge is -2.07. The summed E-state index contributed by atoms with van der Waals surface area (Å²) in [5, 5.41) is 16.0. The van der Waals surface area contributed by atoms with Crippen molar-refractivity contribution < 1.29 is 18.7 Å². The Morgan fingerprint density at radius 2 is 2.08 bits per heavy atom. The summed E-state index contributed by atoms with van der Waals surface area (Å²) in [6, 6.07) is 9.78. The second kappa shape index (κ2) is 8.30. The number of thiophene rings is 1. The zero-order valence-corrected chi connectivity index (χ0v) is 14.3. The highest BCUT2D eigenvalue weighted by molar-refractivity contribution is 7.13. The minimum atomic E-state index is -0.679. The first-order chi connectivity index (χ1) is 12.6. The van der Waals surface area contributed by atoms with Crippen molar-refractivity contribution in [2.45, 2.75) is 13.1 Å². The molecule has 0 bridgehead atoms. The first kappa shape index (κ1) is 17.7. The molecule has 3 aromatic rings. The SMILES string of the molecule is O=C(COC(=O)Cn1nnc(-c2cccs2)n1)NCc1ccccc1F. The molecule has 1 N–H and O–H groups in total. The van der Waals surface area contributed by atoms with Gasteiger partial charge in [-0.1, -0.05) is 24.3 Å². The highest BCUT2D eigenvalue weighted by atomic mass is 32.1. The van der Waals surface area contributed by atoms with Crippen LogP contribution in [0.25, 0.3) is 10.7 Å². The number of hydrogen-bond acceptors (Lipinski definition) is 7. The van der Waals surface area contributed by atoms with E-state index in [1.165, 1.54) is 17.4 Å². The Hall–Kier alpha value is -3.14. The van der Waals surface area contributed by atoms with Gasteiger partial charge in [-0.3, -0.25) is 4.79 Å². The van der Waals surface area contributed by atoms with E-state index in [0.29, 0.717) is 11.4 Å². The fraction of sp³-hybridized carbons (Fsp3) is 0.188. The molecular formula is C16H14FN5O3S. The Labute approximate surface area is 151 Å². The largest absolute Gasteiger partial charge is 0.454 e. The van der Waals surface area contributed by atoms with Crippen LogP contribution in [0, 0.1) is 5.82 Å². The van der Waals surface area contributed by atoms with Crippen molar-refractivity contribution in [2.24, 2.45) is 0 Å². The molecule has 134 valence electrons. The molecule has 0 fully saturated rings. The van der Waals surface area contributed by atoms with Crippen LogP contribution in [0.2, 0.25) is 0 Å². The molecule has 0 aliphatic rings. The average Bonchev–Trinajstić information content (AvgIpc) is 3.30. The van der Waals surface area contributed by atoms with Crippen molar-refractivity contribution >= 4 is 23.2 Å². The average molecular weight is 375 g/mol. The number of amides is 1. The van der Waals surface area contributed by atoms with E-state index in [9.17, 15) is 14.0 Å². The number of ether oxygens (including phenoxy) is 1. The van der Waals surface area contributed by atoms with E-state index >= 15 is 0 Å². The molecule has 10 heteroatoms. The van der Waals surface area contributed by atoms with Gasteiger partial charge >= 0.3 is 5.97 Å². The molecular weight excluding hydrogens is 361 g/mol. The van der Waals surface area contributed by atoms with Gasteiger partial charge in [0, 0.05) is 12.1 Å². The Morgan fingerprint density at radius 1 is 1.23 bits per heavy atom. The van der Waals surface area contributed by atoms with Gasteiger partial charge in [0.1, 0.15) is 5.82 Å².